The molecule has 1 aliphatic rings. The first-order chi connectivity index (χ1) is 16.4. The second-order valence-corrected chi connectivity index (χ2v) is 10.1. The van der Waals surface area contributed by atoms with E-state index in [4.69, 9.17) is 9.47 Å². The van der Waals surface area contributed by atoms with Gasteiger partial charge in [0.2, 0.25) is 5.91 Å². The number of nitrogens with zero attached hydrogens (tertiary/aromatic N) is 4. The molecular weight excluding hydrogens is 477 g/mol. The number of thiophene rings is 1. The number of anilines is 2. The molecule has 0 bridgehead atoms. The maximum atomic E-state index is 14.4. The third-order valence-corrected chi connectivity index (χ3v) is 6.27. The van der Waals surface area contributed by atoms with E-state index >= 15 is 0 Å². The maximum Gasteiger partial charge on any atom is 0.410 e. The molecule has 0 spiro atoms. The van der Waals surface area contributed by atoms with Crippen molar-refractivity contribution >= 4 is 45.6 Å². The monoisotopic (exact) mass is 503 g/mol. The molecular formula is C23H26FN5O5S. The number of hydrogen-bond donors (Lipinski definition) is 1. The summed E-state index contributed by atoms with van der Waals surface area (Å²) in [5.41, 5.74) is 0.399. The van der Waals surface area contributed by atoms with Crippen LogP contribution in [0.3, 0.4) is 0 Å². The van der Waals surface area contributed by atoms with E-state index in [1.54, 1.807) is 46.2 Å². The molecule has 0 aliphatic carbocycles. The third-order valence-electron chi connectivity index (χ3n) is 5.13. The fourth-order valence-corrected chi connectivity index (χ4v) is 4.69. The van der Waals surface area contributed by atoms with Crippen LogP contribution in [-0.4, -0.2) is 64.5 Å². The number of pyridine rings is 1. The number of carbonyl (C=O) groups excluding carboxylic acids is 3. The second kappa shape index (κ2) is 9.17. The van der Waals surface area contributed by atoms with Crippen molar-refractivity contribution in [2.24, 2.45) is 0 Å². The van der Waals surface area contributed by atoms with Gasteiger partial charge in [-0.25, -0.2) is 14.2 Å². The Morgan fingerprint density at radius 1 is 1.20 bits per heavy atom. The van der Waals surface area contributed by atoms with Crippen LogP contribution < -0.4 is 15.0 Å². The fraction of sp³-hybridized carbons (Fsp3) is 0.391. The molecule has 4 heterocycles. The number of ether oxygens (including phenoxy) is 2. The summed E-state index contributed by atoms with van der Waals surface area (Å²) in [6.45, 7) is 7.41. The van der Waals surface area contributed by atoms with E-state index in [1.165, 1.54) is 27.4 Å². The number of amides is 3. The van der Waals surface area contributed by atoms with Crippen LogP contribution in [0.2, 0.25) is 0 Å². The highest BCUT2D eigenvalue weighted by atomic mass is 32.1. The largest absolute Gasteiger partial charge is 0.495 e. The Morgan fingerprint density at radius 3 is 2.60 bits per heavy atom. The van der Waals surface area contributed by atoms with Crippen LogP contribution in [0.25, 0.3) is 5.65 Å². The lowest BCUT2D eigenvalue weighted by molar-refractivity contribution is -0.121. The highest BCUT2D eigenvalue weighted by molar-refractivity contribution is 7.18. The van der Waals surface area contributed by atoms with Gasteiger partial charge >= 0.3 is 6.09 Å². The minimum atomic E-state index is -0.662. The van der Waals surface area contributed by atoms with Gasteiger partial charge in [0.15, 0.2) is 11.5 Å². The Hall–Kier alpha value is -3.67. The van der Waals surface area contributed by atoms with Gasteiger partial charge in [-0.15, -0.1) is 11.3 Å². The minimum Gasteiger partial charge on any atom is -0.495 e. The molecule has 1 fully saturated rings. The maximum absolute atomic E-state index is 14.4. The Bertz CT molecular complexity index is 1310. The third kappa shape index (κ3) is 5.21. The summed E-state index contributed by atoms with van der Waals surface area (Å²) in [6, 6.07) is 2.80. The number of aromatic nitrogens is 2. The molecule has 3 aromatic heterocycles. The lowest BCUT2D eigenvalue weighted by Gasteiger charge is -2.34. The van der Waals surface area contributed by atoms with Crippen molar-refractivity contribution in [3.05, 3.63) is 40.9 Å². The lowest BCUT2D eigenvalue weighted by Crippen LogP contribution is -2.53. The van der Waals surface area contributed by atoms with Crippen LogP contribution in [-0.2, 0) is 9.53 Å². The first-order valence-corrected chi connectivity index (χ1v) is 11.7. The van der Waals surface area contributed by atoms with Crippen LogP contribution in [0.5, 0.6) is 5.75 Å². The summed E-state index contributed by atoms with van der Waals surface area (Å²) in [4.78, 5) is 45.3. The van der Waals surface area contributed by atoms with Gasteiger partial charge in [-0.1, -0.05) is 0 Å². The Morgan fingerprint density at radius 2 is 1.94 bits per heavy atom. The molecule has 3 aromatic rings. The topological polar surface area (TPSA) is 105 Å². The molecule has 4 rings (SSSR count). The molecule has 0 unspecified atom stereocenters. The zero-order chi connectivity index (χ0) is 25.5. The summed E-state index contributed by atoms with van der Waals surface area (Å²) in [5, 5.41) is 3.18. The SMILES string of the molecule is COc1cc(N2CCN(C(=O)OC(C)(C)C)CC2=O)sc1C(=O)Nc1cc(F)c2nc(C)cn2c1. The lowest BCUT2D eigenvalue weighted by atomic mass is 10.2. The van der Waals surface area contributed by atoms with E-state index in [0.717, 1.165) is 11.3 Å². The summed E-state index contributed by atoms with van der Waals surface area (Å²) in [5.74, 6) is -1.09. The van der Waals surface area contributed by atoms with E-state index in [-0.39, 0.29) is 47.5 Å². The molecule has 186 valence electrons. The van der Waals surface area contributed by atoms with Crippen molar-refractivity contribution in [2.45, 2.75) is 33.3 Å². The zero-order valence-electron chi connectivity index (χ0n) is 20.0. The van der Waals surface area contributed by atoms with Crippen molar-refractivity contribution in [3.8, 4) is 5.75 Å². The van der Waals surface area contributed by atoms with Gasteiger partial charge < -0.3 is 24.1 Å². The van der Waals surface area contributed by atoms with E-state index in [1.807, 2.05) is 0 Å². The molecule has 35 heavy (non-hydrogen) atoms. The minimum absolute atomic E-state index is 0.139. The summed E-state index contributed by atoms with van der Waals surface area (Å²) >= 11 is 1.07. The van der Waals surface area contributed by atoms with Crippen LogP contribution in [0.4, 0.5) is 19.9 Å². The van der Waals surface area contributed by atoms with Gasteiger partial charge in [-0.05, 0) is 27.7 Å². The van der Waals surface area contributed by atoms with Gasteiger partial charge in [-0.3, -0.25) is 14.5 Å². The Labute approximate surface area is 205 Å². The molecule has 10 nitrogen and oxygen atoms in total. The first-order valence-electron chi connectivity index (χ1n) is 10.9. The number of methoxy groups -OCH3 is 1. The summed E-state index contributed by atoms with van der Waals surface area (Å²) in [7, 11) is 1.42. The number of halogens is 1. The predicted octanol–water partition coefficient (Wildman–Crippen LogP) is 3.69. The quantitative estimate of drug-likeness (QED) is 0.582. The molecule has 0 aromatic carbocycles. The van der Waals surface area contributed by atoms with Crippen LogP contribution in [0, 0.1) is 12.7 Å². The van der Waals surface area contributed by atoms with Gasteiger partial charge in [0, 0.05) is 37.6 Å². The zero-order valence-corrected chi connectivity index (χ0v) is 20.9. The van der Waals surface area contributed by atoms with Gasteiger partial charge in [0.25, 0.3) is 5.91 Å². The number of carbonyl (C=O) groups is 3. The second-order valence-electron chi connectivity index (χ2n) is 9.07. The standard InChI is InChI=1S/C23H26FN5O5S/c1-13-10-28-11-14(8-15(24)20(28)25-13)26-21(31)19-16(33-5)9-18(35-19)29-7-6-27(12-17(29)30)22(32)34-23(2,3)4/h8-11H,6-7,12H2,1-5H3,(H,26,31). The van der Waals surface area contributed by atoms with E-state index in [9.17, 15) is 18.8 Å². The molecule has 1 N–H and O–H groups in total. The number of fused-ring (bicyclic) bond motifs is 1. The smallest absolute Gasteiger partial charge is 0.410 e. The van der Waals surface area contributed by atoms with Crippen LogP contribution >= 0.6 is 11.3 Å². The van der Waals surface area contributed by atoms with Crippen molar-refractivity contribution in [3.63, 3.8) is 0 Å². The van der Waals surface area contributed by atoms with E-state index < -0.39 is 23.4 Å². The van der Waals surface area contributed by atoms with Crippen molar-refractivity contribution in [2.75, 3.05) is 37.0 Å². The van der Waals surface area contributed by atoms with E-state index in [0.29, 0.717) is 10.7 Å². The number of piperazine rings is 1. The van der Waals surface area contributed by atoms with Crippen LogP contribution in [0.1, 0.15) is 36.1 Å². The molecule has 3 amide bonds. The average molecular weight is 504 g/mol. The molecule has 12 heteroatoms. The van der Waals surface area contributed by atoms with Crippen molar-refractivity contribution < 1.29 is 28.2 Å². The number of imidazole rings is 1. The highest BCUT2D eigenvalue weighted by Crippen LogP contribution is 2.37. The molecule has 1 aliphatic heterocycles. The normalized spacial score (nSPS) is 14.4. The number of nitrogens with one attached hydrogen (secondary N) is 1. The Balaban J connectivity index is 1.50. The first kappa shape index (κ1) is 24.5. The number of rotatable bonds is 4. The molecule has 0 atom stereocenters. The van der Waals surface area contributed by atoms with Gasteiger partial charge in [-0.2, -0.15) is 0 Å². The highest BCUT2D eigenvalue weighted by Gasteiger charge is 2.32. The average Bonchev–Trinajstić information content (AvgIpc) is 3.35. The summed E-state index contributed by atoms with van der Waals surface area (Å²) < 4.78 is 26.6. The predicted molar refractivity (Wildman–Crippen MR) is 129 cm³/mol. The fourth-order valence-electron chi connectivity index (χ4n) is 3.63. The Kier molecular flexibility index (Phi) is 6.41. The molecule has 0 saturated carbocycles. The molecule has 0 radical (unpaired) electrons. The number of aryl methyl sites for hydroxylation is 1. The molecule has 1 saturated heterocycles. The summed E-state index contributed by atoms with van der Waals surface area (Å²) in [6.07, 6.45) is 2.67. The van der Waals surface area contributed by atoms with Crippen LogP contribution in [0.15, 0.2) is 24.5 Å². The van der Waals surface area contributed by atoms with Crippen molar-refractivity contribution in [1.29, 1.82) is 0 Å². The van der Waals surface area contributed by atoms with Gasteiger partial charge in [0.05, 0.1) is 18.5 Å². The number of hydrogen-bond acceptors (Lipinski definition) is 7. The van der Waals surface area contributed by atoms with E-state index in [2.05, 4.69) is 10.3 Å². The van der Waals surface area contributed by atoms with Gasteiger partial charge in [0.1, 0.15) is 27.8 Å². The van der Waals surface area contributed by atoms with Crippen molar-refractivity contribution in [1.82, 2.24) is 14.3 Å².